The molecule has 0 amide bonds. The number of rotatable bonds is 4. The Labute approximate surface area is 104 Å². The van der Waals surface area contributed by atoms with E-state index in [1.165, 1.54) is 5.56 Å². The molecular formula is C13H14BrNO. The van der Waals surface area contributed by atoms with Crippen molar-refractivity contribution in [2.24, 2.45) is 0 Å². The lowest BCUT2D eigenvalue weighted by Gasteiger charge is -2.11. The van der Waals surface area contributed by atoms with Gasteiger partial charge in [-0.2, -0.15) is 0 Å². The lowest BCUT2D eigenvalue weighted by molar-refractivity contribution is 0.430. The van der Waals surface area contributed by atoms with Crippen LogP contribution in [0.4, 0.5) is 0 Å². The predicted octanol–water partition coefficient (Wildman–Crippen LogP) is 3.89. The molecule has 2 aromatic rings. The number of halogens is 1. The summed E-state index contributed by atoms with van der Waals surface area (Å²) in [5.41, 5.74) is 1.27. The van der Waals surface area contributed by atoms with E-state index in [1.54, 1.807) is 6.26 Å². The summed E-state index contributed by atoms with van der Waals surface area (Å²) in [7, 11) is 0. The van der Waals surface area contributed by atoms with Crippen molar-refractivity contribution < 1.29 is 4.42 Å². The highest BCUT2D eigenvalue weighted by Crippen LogP contribution is 2.14. The molecule has 1 aromatic carbocycles. The quantitative estimate of drug-likeness (QED) is 0.919. The normalized spacial score (nSPS) is 12.6. The molecule has 0 unspecified atom stereocenters. The largest absolute Gasteiger partial charge is 0.468 e. The maximum Gasteiger partial charge on any atom is 0.120 e. The van der Waals surface area contributed by atoms with E-state index in [1.807, 2.05) is 12.1 Å². The summed E-state index contributed by atoms with van der Waals surface area (Å²) in [6.45, 7) is 2.94. The van der Waals surface area contributed by atoms with E-state index >= 15 is 0 Å². The van der Waals surface area contributed by atoms with Crippen LogP contribution in [0.1, 0.15) is 24.3 Å². The molecule has 0 saturated heterocycles. The SMILES string of the molecule is C[C@@H](NCc1ccc(Br)cc1)c1ccco1. The Kier molecular flexibility index (Phi) is 3.80. The van der Waals surface area contributed by atoms with Crippen LogP contribution in [-0.2, 0) is 6.54 Å². The van der Waals surface area contributed by atoms with E-state index in [0.717, 1.165) is 16.8 Å². The van der Waals surface area contributed by atoms with Crippen LogP contribution in [0.3, 0.4) is 0 Å². The van der Waals surface area contributed by atoms with Crippen LogP contribution in [-0.4, -0.2) is 0 Å². The van der Waals surface area contributed by atoms with Crippen LogP contribution in [0.15, 0.2) is 51.6 Å². The summed E-state index contributed by atoms with van der Waals surface area (Å²) in [4.78, 5) is 0. The smallest absolute Gasteiger partial charge is 0.120 e. The average Bonchev–Trinajstić information content (AvgIpc) is 2.81. The van der Waals surface area contributed by atoms with Crippen LogP contribution >= 0.6 is 15.9 Å². The molecule has 0 fully saturated rings. The highest BCUT2D eigenvalue weighted by Gasteiger charge is 2.06. The maximum absolute atomic E-state index is 5.33. The summed E-state index contributed by atoms with van der Waals surface area (Å²) in [6, 6.07) is 12.4. The zero-order valence-electron chi connectivity index (χ0n) is 9.11. The number of furan rings is 1. The van der Waals surface area contributed by atoms with Gasteiger partial charge in [-0.25, -0.2) is 0 Å². The fourth-order valence-corrected chi connectivity index (χ4v) is 1.78. The Morgan fingerprint density at radius 1 is 1.25 bits per heavy atom. The molecule has 0 aliphatic carbocycles. The second-order valence-corrected chi connectivity index (χ2v) is 4.66. The third kappa shape index (κ3) is 2.97. The second kappa shape index (κ2) is 5.32. The average molecular weight is 280 g/mol. The van der Waals surface area contributed by atoms with Crippen molar-refractivity contribution in [3.05, 3.63) is 58.5 Å². The summed E-state index contributed by atoms with van der Waals surface area (Å²) in [5.74, 6) is 0.970. The molecule has 1 N–H and O–H groups in total. The van der Waals surface area contributed by atoms with Gasteiger partial charge in [0.15, 0.2) is 0 Å². The fourth-order valence-electron chi connectivity index (χ4n) is 1.51. The molecule has 0 aliphatic rings. The van der Waals surface area contributed by atoms with E-state index in [-0.39, 0.29) is 6.04 Å². The third-order valence-electron chi connectivity index (χ3n) is 2.50. The molecule has 0 radical (unpaired) electrons. The molecular weight excluding hydrogens is 266 g/mol. The van der Waals surface area contributed by atoms with Crippen molar-refractivity contribution >= 4 is 15.9 Å². The van der Waals surface area contributed by atoms with Gasteiger partial charge in [0.05, 0.1) is 12.3 Å². The Morgan fingerprint density at radius 3 is 2.62 bits per heavy atom. The lowest BCUT2D eigenvalue weighted by Crippen LogP contribution is -2.17. The van der Waals surface area contributed by atoms with Crippen LogP contribution < -0.4 is 5.32 Å². The molecule has 0 bridgehead atoms. The Hall–Kier alpha value is -1.06. The molecule has 0 saturated carbocycles. The van der Waals surface area contributed by atoms with E-state index in [2.05, 4.69) is 52.4 Å². The van der Waals surface area contributed by atoms with Crippen molar-refractivity contribution in [2.75, 3.05) is 0 Å². The van der Waals surface area contributed by atoms with Gasteiger partial charge in [0.1, 0.15) is 5.76 Å². The van der Waals surface area contributed by atoms with Gasteiger partial charge in [0.2, 0.25) is 0 Å². The molecule has 1 aromatic heterocycles. The Morgan fingerprint density at radius 2 is 2.00 bits per heavy atom. The first-order chi connectivity index (χ1) is 7.75. The monoisotopic (exact) mass is 279 g/mol. The predicted molar refractivity (Wildman–Crippen MR) is 68.1 cm³/mol. The van der Waals surface area contributed by atoms with Crippen molar-refractivity contribution in [1.29, 1.82) is 0 Å². The van der Waals surface area contributed by atoms with Gasteiger partial charge in [-0.05, 0) is 36.8 Å². The number of hydrogen-bond acceptors (Lipinski definition) is 2. The van der Waals surface area contributed by atoms with Gasteiger partial charge in [-0.1, -0.05) is 28.1 Å². The zero-order chi connectivity index (χ0) is 11.4. The summed E-state index contributed by atoms with van der Waals surface area (Å²) in [6.07, 6.45) is 1.70. The van der Waals surface area contributed by atoms with E-state index in [9.17, 15) is 0 Å². The zero-order valence-corrected chi connectivity index (χ0v) is 10.7. The summed E-state index contributed by atoms with van der Waals surface area (Å²) in [5, 5.41) is 3.41. The van der Waals surface area contributed by atoms with Crippen LogP contribution in [0.2, 0.25) is 0 Å². The van der Waals surface area contributed by atoms with Crippen molar-refractivity contribution in [3.8, 4) is 0 Å². The van der Waals surface area contributed by atoms with E-state index in [0.29, 0.717) is 0 Å². The van der Waals surface area contributed by atoms with Gasteiger partial charge >= 0.3 is 0 Å². The van der Waals surface area contributed by atoms with E-state index < -0.39 is 0 Å². The maximum atomic E-state index is 5.33. The minimum absolute atomic E-state index is 0.235. The molecule has 0 aliphatic heterocycles. The standard InChI is InChI=1S/C13H14BrNO/c1-10(13-3-2-8-16-13)15-9-11-4-6-12(14)7-5-11/h2-8,10,15H,9H2,1H3/t10-/m1/s1. The highest BCUT2D eigenvalue weighted by atomic mass is 79.9. The molecule has 0 spiro atoms. The molecule has 2 rings (SSSR count). The van der Waals surface area contributed by atoms with Crippen molar-refractivity contribution in [1.82, 2.24) is 5.32 Å². The van der Waals surface area contributed by atoms with Crippen molar-refractivity contribution in [3.63, 3.8) is 0 Å². The highest BCUT2D eigenvalue weighted by molar-refractivity contribution is 9.10. The minimum atomic E-state index is 0.235. The van der Waals surface area contributed by atoms with Gasteiger partial charge in [0.25, 0.3) is 0 Å². The van der Waals surface area contributed by atoms with Crippen molar-refractivity contribution in [2.45, 2.75) is 19.5 Å². The van der Waals surface area contributed by atoms with Gasteiger partial charge < -0.3 is 9.73 Å². The Balaban J connectivity index is 1.90. The summed E-state index contributed by atoms with van der Waals surface area (Å²) < 4.78 is 6.44. The van der Waals surface area contributed by atoms with Crippen LogP contribution in [0.5, 0.6) is 0 Å². The van der Waals surface area contributed by atoms with Gasteiger partial charge in [-0.3, -0.25) is 0 Å². The summed E-state index contributed by atoms with van der Waals surface area (Å²) >= 11 is 3.42. The first-order valence-corrected chi connectivity index (χ1v) is 6.06. The Bertz CT molecular complexity index is 422. The topological polar surface area (TPSA) is 25.2 Å². The molecule has 2 nitrogen and oxygen atoms in total. The molecule has 3 heteroatoms. The number of benzene rings is 1. The first-order valence-electron chi connectivity index (χ1n) is 5.27. The van der Waals surface area contributed by atoms with Gasteiger partial charge in [-0.15, -0.1) is 0 Å². The molecule has 1 atom stereocenters. The number of nitrogens with one attached hydrogen (secondary N) is 1. The fraction of sp³-hybridized carbons (Fsp3) is 0.231. The molecule has 1 heterocycles. The third-order valence-corrected chi connectivity index (χ3v) is 3.02. The number of hydrogen-bond donors (Lipinski definition) is 1. The van der Waals surface area contributed by atoms with Crippen LogP contribution in [0.25, 0.3) is 0 Å². The second-order valence-electron chi connectivity index (χ2n) is 3.74. The van der Waals surface area contributed by atoms with Gasteiger partial charge in [0, 0.05) is 11.0 Å². The van der Waals surface area contributed by atoms with E-state index in [4.69, 9.17) is 4.42 Å². The first kappa shape index (κ1) is 11.4. The molecule has 16 heavy (non-hydrogen) atoms. The minimum Gasteiger partial charge on any atom is -0.468 e. The van der Waals surface area contributed by atoms with Crippen LogP contribution in [0, 0.1) is 0 Å². The lowest BCUT2D eigenvalue weighted by atomic mass is 10.2. The molecule has 84 valence electrons.